The molecule has 0 amide bonds. The summed E-state index contributed by atoms with van der Waals surface area (Å²) in [5.41, 5.74) is -0.141. The average molecular weight is 390 g/mol. The summed E-state index contributed by atoms with van der Waals surface area (Å²) in [6, 6.07) is 9.52. The van der Waals surface area contributed by atoms with Crippen molar-refractivity contribution in [2.75, 3.05) is 26.2 Å². The molecule has 0 bridgehead atoms. The summed E-state index contributed by atoms with van der Waals surface area (Å²) in [4.78, 5) is 1.14. The van der Waals surface area contributed by atoms with E-state index in [0.717, 1.165) is 55.3 Å². The second-order valence-corrected chi connectivity index (χ2v) is 6.70. The maximum absolute atomic E-state index is 12.8. The van der Waals surface area contributed by atoms with Crippen molar-refractivity contribution < 1.29 is 36.6 Å². The largest absolute Gasteiger partial charge is 0.416 e. The number of benzene rings is 2. The van der Waals surface area contributed by atoms with Gasteiger partial charge in [0.05, 0.1) is 11.1 Å². The molecule has 1 fully saturated rings. The Morgan fingerprint density at radius 2 is 1.04 bits per heavy atom. The SMILES string of the molecule is FC(F)(F)c1ccc(C(c2ccc(C(F)(F)F)cc2)[NH+]2CC[NH2+]CC2)cc1. The van der Waals surface area contributed by atoms with Gasteiger partial charge in [0.2, 0.25) is 0 Å². The minimum absolute atomic E-state index is 0.303. The molecule has 8 heteroatoms. The topological polar surface area (TPSA) is 21.1 Å². The lowest BCUT2D eigenvalue weighted by atomic mass is 9.94. The Balaban J connectivity index is 1.96. The number of rotatable bonds is 3. The Labute approximate surface area is 152 Å². The van der Waals surface area contributed by atoms with Crippen LogP contribution in [0.5, 0.6) is 0 Å². The lowest BCUT2D eigenvalue weighted by molar-refractivity contribution is -0.967. The smallest absolute Gasteiger partial charge is 0.337 e. The van der Waals surface area contributed by atoms with Crippen LogP contribution in [0, 0.1) is 0 Å². The molecule has 0 radical (unpaired) electrons. The Hall–Kier alpha value is -2.06. The summed E-state index contributed by atoms with van der Waals surface area (Å²) in [6.07, 6.45) is -8.84. The normalized spacial score (nSPS) is 16.7. The lowest BCUT2D eigenvalue weighted by Crippen LogP contribution is -3.20. The first-order chi connectivity index (χ1) is 12.7. The molecule has 1 saturated heterocycles. The van der Waals surface area contributed by atoms with Gasteiger partial charge in [0.1, 0.15) is 32.2 Å². The van der Waals surface area contributed by atoms with E-state index < -0.39 is 23.5 Å². The molecule has 0 saturated carbocycles. The van der Waals surface area contributed by atoms with E-state index in [0.29, 0.717) is 11.1 Å². The van der Waals surface area contributed by atoms with Crippen LogP contribution in [-0.2, 0) is 12.4 Å². The van der Waals surface area contributed by atoms with Crippen LogP contribution >= 0.6 is 0 Å². The van der Waals surface area contributed by atoms with E-state index in [1.807, 2.05) is 0 Å². The summed E-state index contributed by atoms with van der Waals surface area (Å²) in [6.45, 7) is 3.31. The average Bonchev–Trinajstić information content (AvgIpc) is 2.62. The van der Waals surface area contributed by atoms with Crippen LogP contribution in [0.2, 0.25) is 0 Å². The van der Waals surface area contributed by atoms with Gasteiger partial charge in [-0.3, -0.25) is 0 Å². The van der Waals surface area contributed by atoms with Crippen molar-refractivity contribution in [3.05, 3.63) is 70.8 Å². The zero-order valence-corrected chi connectivity index (χ0v) is 14.4. The van der Waals surface area contributed by atoms with Crippen LogP contribution in [-0.4, -0.2) is 26.2 Å². The van der Waals surface area contributed by atoms with Gasteiger partial charge in [-0.05, 0) is 24.3 Å². The molecule has 3 rings (SSSR count). The molecule has 1 aliphatic heterocycles. The zero-order valence-electron chi connectivity index (χ0n) is 14.4. The summed E-state index contributed by atoms with van der Waals surface area (Å²) >= 11 is 0. The van der Waals surface area contributed by atoms with Crippen molar-refractivity contribution in [2.45, 2.75) is 18.4 Å². The van der Waals surface area contributed by atoms with E-state index in [9.17, 15) is 26.3 Å². The van der Waals surface area contributed by atoms with Crippen molar-refractivity contribution in [1.29, 1.82) is 0 Å². The number of hydrogen-bond donors (Lipinski definition) is 2. The molecule has 2 aromatic rings. The van der Waals surface area contributed by atoms with Crippen LogP contribution in [0.3, 0.4) is 0 Å². The van der Waals surface area contributed by atoms with Crippen molar-refractivity contribution in [3.63, 3.8) is 0 Å². The predicted octanol–water partition coefficient (Wildman–Crippen LogP) is 2.28. The van der Waals surface area contributed by atoms with Crippen LogP contribution in [0.15, 0.2) is 48.5 Å². The maximum atomic E-state index is 12.8. The molecule has 2 nitrogen and oxygen atoms in total. The Kier molecular flexibility index (Phi) is 5.48. The summed E-state index contributed by atoms with van der Waals surface area (Å²) in [5.74, 6) is 0. The first kappa shape index (κ1) is 19.7. The number of piperazine rings is 1. The summed E-state index contributed by atoms with van der Waals surface area (Å²) in [5, 5.41) is 2.15. The van der Waals surface area contributed by atoms with Gasteiger partial charge in [0, 0.05) is 11.1 Å². The monoisotopic (exact) mass is 390 g/mol. The van der Waals surface area contributed by atoms with Crippen molar-refractivity contribution in [3.8, 4) is 0 Å². The van der Waals surface area contributed by atoms with Gasteiger partial charge in [0.15, 0.2) is 0 Å². The van der Waals surface area contributed by atoms with E-state index in [4.69, 9.17) is 0 Å². The summed E-state index contributed by atoms with van der Waals surface area (Å²) < 4.78 is 77.0. The second-order valence-electron chi connectivity index (χ2n) is 6.70. The van der Waals surface area contributed by atoms with Gasteiger partial charge in [-0.25, -0.2) is 0 Å². The molecule has 2 aromatic carbocycles. The highest BCUT2D eigenvalue weighted by Gasteiger charge is 2.34. The van der Waals surface area contributed by atoms with Crippen molar-refractivity contribution in [2.24, 2.45) is 0 Å². The van der Waals surface area contributed by atoms with Gasteiger partial charge < -0.3 is 10.2 Å². The molecule has 3 N–H and O–H groups in total. The predicted molar refractivity (Wildman–Crippen MR) is 87.1 cm³/mol. The minimum Gasteiger partial charge on any atom is -0.337 e. The molecule has 0 aliphatic carbocycles. The number of alkyl halides is 6. The van der Waals surface area contributed by atoms with Crippen LogP contribution in [0.1, 0.15) is 28.3 Å². The van der Waals surface area contributed by atoms with E-state index in [-0.39, 0.29) is 6.04 Å². The molecule has 146 valence electrons. The Morgan fingerprint density at radius 1 is 0.667 bits per heavy atom. The van der Waals surface area contributed by atoms with Crippen molar-refractivity contribution in [1.82, 2.24) is 0 Å². The van der Waals surface area contributed by atoms with Crippen LogP contribution in [0.25, 0.3) is 0 Å². The van der Waals surface area contributed by atoms with E-state index in [2.05, 4.69) is 5.32 Å². The van der Waals surface area contributed by atoms with E-state index in [1.54, 1.807) is 0 Å². The fourth-order valence-electron chi connectivity index (χ4n) is 3.53. The molecule has 0 aromatic heterocycles. The van der Waals surface area contributed by atoms with Crippen molar-refractivity contribution >= 4 is 0 Å². The third-order valence-electron chi connectivity index (χ3n) is 4.89. The third-order valence-corrected chi connectivity index (χ3v) is 4.89. The second kappa shape index (κ2) is 7.52. The highest BCUT2D eigenvalue weighted by molar-refractivity contribution is 5.34. The molecule has 1 aliphatic rings. The lowest BCUT2D eigenvalue weighted by Gasteiger charge is -2.31. The fourth-order valence-corrected chi connectivity index (χ4v) is 3.53. The van der Waals surface area contributed by atoms with Crippen LogP contribution in [0.4, 0.5) is 26.3 Å². The first-order valence-corrected chi connectivity index (χ1v) is 8.67. The number of quaternary nitrogens is 2. The van der Waals surface area contributed by atoms with Crippen LogP contribution < -0.4 is 10.2 Å². The van der Waals surface area contributed by atoms with Gasteiger partial charge in [-0.15, -0.1) is 0 Å². The molecular weight excluding hydrogens is 370 g/mol. The number of halogens is 6. The number of nitrogens with one attached hydrogen (secondary N) is 1. The Morgan fingerprint density at radius 3 is 1.37 bits per heavy atom. The van der Waals surface area contributed by atoms with Gasteiger partial charge in [-0.1, -0.05) is 24.3 Å². The van der Waals surface area contributed by atoms with E-state index >= 15 is 0 Å². The number of nitrogens with two attached hydrogens (primary N) is 1. The molecule has 0 unspecified atom stereocenters. The highest BCUT2D eigenvalue weighted by Crippen LogP contribution is 2.32. The molecule has 27 heavy (non-hydrogen) atoms. The van der Waals surface area contributed by atoms with E-state index in [1.165, 1.54) is 24.3 Å². The van der Waals surface area contributed by atoms with Gasteiger partial charge in [-0.2, -0.15) is 26.3 Å². The highest BCUT2D eigenvalue weighted by atomic mass is 19.4. The third kappa shape index (κ3) is 4.62. The zero-order chi connectivity index (χ0) is 19.7. The first-order valence-electron chi connectivity index (χ1n) is 8.67. The molecule has 1 heterocycles. The van der Waals surface area contributed by atoms with Gasteiger partial charge >= 0.3 is 12.4 Å². The molecule has 0 spiro atoms. The maximum Gasteiger partial charge on any atom is 0.416 e. The number of hydrogen-bond acceptors (Lipinski definition) is 0. The Bertz CT molecular complexity index is 686. The van der Waals surface area contributed by atoms with Gasteiger partial charge in [0.25, 0.3) is 0 Å². The summed E-state index contributed by atoms with van der Waals surface area (Å²) in [7, 11) is 0. The fraction of sp³-hybridized carbons (Fsp3) is 0.368. The molecule has 0 atom stereocenters. The quantitative estimate of drug-likeness (QED) is 0.751. The molecular formula is C19H20F6N2+2. The minimum atomic E-state index is -4.42. The standard InChI is InChI=1S/C19H18F6N2/c20-18(21,22)15-5-1-13(2-6-15)17(27-11-9-26-10-12-27)14-3-7-16(8-4-14)19(23,24)25/h1-8,17,26H,9-12H2/p+2.